The summed E-state index contributed by atoms with van der Waals surface area (Å²) in [6, 6.07) is 0. The van der Waals surface area contributed by atoms with Crippen molar-refractivity contribution in [3.63, 3.8) is 0 Å². The largest absolute Gasteiger partial charge is 0.394 e. The van der Waals surface area contributed by atoms with Crippen LogP contribution in [0.25, 0.3) is 0 Å². The summed E-state index contributed by atoms with van der Waals surface area (Å²) in [6.07, 6.45) is -12.4. The van der Waals surface area contributed by atoms with E-state index in [0.717, 1.165) is 12.8 Å². The highest BCUT2D eigenvalue weighted by atomic mass is 16.7. The van der Waals surface area contributed by atoms with Gasteiger partial charge in [0.05, 0.1) is 13.2 Å². The zero-order chi connectivity index (χ0) is 20.1. The van der Waals surface area contributed by atoms with Crippen LogP contribution in [0.1, 0.15) is 19.8 Å². The van der Waals surface area contributed by atoms with Gasteiger partial charge >= 0.3 is 0 Å². The van der Waals surface area contributed by atoms with Crippen LogP contribution in [-0.4, -0.2) is 117 Å². The van der Waals surface area contributed by atoms with Crippen molar-refractivity contribution in [2.24, 2.45) is 0 Å². The average Bonchev–Trinajstić information content (AvgIpc) is 2.66. The molecule has 10 atom stereocenters. The van der Waals surface area contributed by atoms with E-state index in [4.69, 9.17) is 24.1 Å². The molecule has 2 rings (SSSR count). The van der Waals surface area contributed by atoms with E-state index in [2.05, 4.69) is 0 Å². The minimum Gasteiger partial charge on any atom is -0.394 e. The number of hydrogen-bond donors (Lipinski definition) is 7. The second kappa shape index (κ2) is 10.4. The molecule has 0 aromatic rings. The lowest BCUT2D eigenvalue weighted by molar-refractivity contribution is -0.331. The van der Waals surface area contributed by atoms with Crippen LogP contribution < -0.4 is 0 Å². The Kier molecular flexibility index (Phi) is 8.77. The van der Waals surface area contributed by atoms with E-state index < -0.39 is 68.0 Å². The van der Waals surface area contributed by atoms with Crippen LogP contribution in [0.4, 0.5) is 0 Å². The Bertz CT molecular complexity index is 437. The number of aliphatic hydroxyl groups is 7. The molecular weight excluding hydrogens is 368 g/mol. The Labute approximate surface area is 156 Å². The van der Waals surface area contributed by atoms with E-state index >= 15 is 0 Å². The van der Waals surface area contributed by atoms with Gasteiger partial charge in [0.1, 0.15) is 48.8 Å². The highest BCUT2D eigenvalue weighted by Crippen LogP contribution is 2.26. The van der Waals surface area contributed by atoms with Crippen molar-refractivity contribution in [3.05, 3.63) is 0 Å². The first-order valence-corrected chi connectivity index (χ1v) is 9.05. The summed E-state index contributed by atoms with van der Waals surface area (Å²) < 4.78 is 21.4. The van der Waals surface area contributed by atoms with Gasteiger partial charge < -0.3 is 54.7 Å². The van der Waals surface area contributed by atoms with Crippen LogP contribution in [0.15, 0.2) is 0 Å². The first-order valence-electron chi connectivity index (χ1n) is 9.05. The number of aliphatic hydroxyl groups excluding tert-OH is 7. The molecule has 2 fully saturated rings. The molecule has 11 nitrogen and oxygen atoms in total. The van der Waals surface area contributed by atoms with Crippen molar-refractivity contribution >= 4 is 0 Å². The molecule has 0 aliphatic carbocycles. The molecule has 27 heavy (non-hydrogen) atoms. The molecule has 0 spiro atoms. The molecule has 2 heterocycles. The smallest absolute Gasteiger partial charge is 0.186 e. The minimum absolute atomic E-state index is 0.293. The molecule has 2 aliphatic rings. The molecule has 11 heteroatoms. The van der Waals surface area contributed by atoms with Crippen LogP contribution in [-0.2, 0) is 18.9 Å². The zero-order valence-corrected chi connectivity index (χ0v) is 15.1. The lowest BCUT2D eigenvalue weighted by atomic mass is 9.98. The van der Waals surface area contributed by atoms with Gasteiger partial charge in [-0.2, -0.15) is 0 Å². The Morgan fingerprint density at radius 3 is 1.78 bits per heavy atom. The maximum Gasteiger partial charge on any atom is 0.186 e. The van der Waals surface area contributed by atoms with Gasteiger partial charge in [-0.15, -0.1) is 0 Å². The van der Waals surface area contributed by atoms with Gasteiger partial charge in [0.2, 0.25) is 0 Å². The highest BCUT2D eigenvalue weighted by Gasteiger charge is 2.47. The summed E-state index contributed by atoms with van der Waals surface area (Å²) in [7, 11) is 0. The predicted molar refractivity (Wildman–Crippen MR) is 87.3 cm³/mol. The van der Waals surface area contributed by atoms with Crippen LogP contribution in [0, 0.1) is 0 Å². The molecule has 0 radical (unpaired) electrons. The Morgan fingerprint density at radius 2 is 1.22 bits per heavy atom. The highest BCUT2D eigenvalue weighted by molar-refractivity contribution is 4.91. The fraction of sp³-hybridized carbons (Fsp3) is 1.00. The normalized spacial score (nSPS) is 45.8. The summed E-state index contributed by atoms with van der Waals surface area (Å²) >= 11 is 0. The molecule has 0 unspecified atom stereocenters. The molecule has 0 amide bonds. The number of rotatable bonds is 8. The summed E-state index contributed by atoms with van der Waals surface area (Å²) in [5, 5.41) is 68.6. The minimum atomic E-state index is -1.60. The van der Waals surface area contributed by atoms with Gasteiger partial charge in [0, 0.05) is 6.61 Å². The van der Waals surface area contributed by atoms with E-state index in [1.54, 1.807) is 0 Å². The van der Waals surface area contributed by atoms with Crippen LogP contribution >= 0.6 is 0 Å². The molecule has 7 N–H and O–H groups in total. The third-order valence-electron chi connectivity index (χ3n) is 4.72. The van der Waals surface area contributed by atoms with Crippen molar-refractivity contribution in [2.75, 3.05) is 19.8 Å². The summed E-state index contributed by atoms with van der Waals surface area (Å²) in [6.45, 7) is 1.27. The Morgan fingerprint density at radius 1 is 0.704 bits per heavy atom. The van der Waals surface area contributed by atoms with Gasteiger partial charge in [0.25, 0.3) is 0 Å². The quantitative estimate of drug-likeness (QED) is 0.201. The van der Waals surface area contributed by atoms with Gasteiger partial charge in [-0.05, 0) is 6.42 Å². The zero-order valence-electron chi connectivity index (χ0n) is 15.1. The van der Waals surface area contributed by atoms with Crippen LogP contribution in [0.5, 0.6) is 0 Å². The summed E-state index contributed by atoms with van der Waals surface area (Å²) in [5.41, 5.74) is 0. The fourth-order valence-corrected chi connectivity index (χ4v) is 2.93. The van der Waals surface area contributed by atoms with Crippen molar-refractivity contribution in [1.82, 2.24) is 0 Å². The molecule has 2 saturated heterocycles. The molecule has 160 valence electrons. The third kappa shape index (κ3) is 5.34. The molecule has 0 aromatic heterocycles. The van der Waals surface area contributed by atoms with Gasteiger partial charge in [0.15, 0.2) is 12.6 Å². The van der Waals surface area contributed by atoms with Gasteiger partial charge in [-0.25, -0.2) is 0 Å². The monoisotopic (exact) mass is 398 g/mol. The SMILES string of the molecule is CCCCO[C@H]1O[C@H](CO[C@H]2O[C@H](CO)[C@@H](O)[C@H](O)[C@H]2O)[C@@H](O)[C@H](O)[C@H]1O. The summed E-state index contributed by atoms with van der Waals surface area (Å²) in [5.74, 6) is 0. The van der Waals surface area contributed by atoms with Crippen LogP contribution in [0.3, 0.4) is 0 Å². The lowest BCUT2D eigenvalue weighted by Gasteiger charge is -2.42. The van der Waals surface area contributed by atoms with Crippen molar-refractivity contribution < 1.29 is 54.7 Å². The standard InChI is InChI=1S/C16H30O11/c1-2-3-4-24-15-13(22)12(21)10(19)8(27-15)6-25-16-14(23)11(20)9(18)7(5-17)26-16/h7-23H,2-6H2,1H3/t7-,8-,9-,10-,11+,12+,13-,14-,15+,16+/m1/s1. The number of unbranched alkanes of at least 4 members (excludes halogenated alkanes) is 1. The van der Waals surface area contributed by atoms with Crippen molar-refractivity contribution in [2.45, 2.75) is 81.2 Å². The number of hydrogen-bond acceptors (Lipinski definition) is 11. The predicted octanol–water partition coefficient (Wildman–Crippen LogP) is -3.57. The average molecular weight is 398 g/mol. The summed E-state index contributed by atoms with van der Waals surface area (Å²) in [4.78, 5) is 0. The number of ether oxygens (including phenoxy) is 4. The maximum atomic E-state index is 10.1. The molecule has 0 bridgehead atoms. The third-order valence-corrected chi connectivity index (χ3v) is 4.72. The van der Waals surface area contributed by atoms with Gasteiger partial charge in [-0.1, -0.05) is 13.3 Å². The second-order valence-electron chi connectivity index (χ2n) is 6.77. The Balaban J connectivity index is 1.94. The van der Waals surface area contributed by atoms with Crippen LogP contribution in [0.2, 0.25) is 0 Å². The van der Waals surface area contributed by atoms with Crippen molar-refractivity contribution in [3.8, 4) is 0 Å². The molecular formula is C16H30O11. The molecule has 0 saturated carbocycles. The van der Waals surface area contributed by atoms with Gasteiger partial charge in [-0.3, -0.25) is 0 Å². The first-order chi connectivity index (χ1) is 12.8. The topological polar surface area (TPSA) is 179 Å². The first kappa shape index (κ1) is 22.8. The van der Waals surface area contributed by atoms with E-state index in [1.165, 1.54) is 0 Å². The van der Waals surface area contributed by atoms with E-state index in [0.29, 0.717) is 6.61 Å². The maximum absolute atomic E-state index is 10.1. The lowest BCUT2D eigenvalue weighted by Crippen LogP contribution is -2.61. The van der Waals surface area contributed by atoms with Crippen molar-refractivity contribution in [1.29, 1.82) is 0 Å². The van der Waals surface area contributed by atoms with E-state index in [1.807, 2.05) is 6.92 Å². The second-order valence-corrected chi connectivity index (χ2v) is 6.77. The van der Waals surface area contributed by atoms with E-state index in [9.17, 15) is 30.6 Å². The van der Waals surface area contributed by atoms with E-state index in [-0.39, 0.29) is 6.61 Å². The fourth-order valence-electron chi connectivity index (χ4n) is 2.93. The molecule has 0 aromatic carbocycles. The Hall–Kier alpha value is -0.440. The molecule has 2 aliphatic heterocycles.